The number of nitrogens with one attached hydrogen (secondary N) is 3. The maximum atomic E-state index is 5.15. The first kappa shape index (κ1) is 20.3. The summed E-state index contributed by atoms with van der Waals surface area (Å²) < 4.78 is 5.15. The summed E-state index contributed by atoms with van der Waals surface area (Å²) in [5.74, 6) is 1.80. The van der Waals surface area contributed by atoms with Crippen molar-refractivity contribution in [1.82, 2.24) is 34.9 Å². The second kappa shape index (κ2) is 8.87. The SMILES string of the molecule is COc1ccc(Nc2ncc(CNc3cccnc3)cc2-c2nc(C)nc3nc[nH]c23)cn1. The molecular weight excluding hydrogens is 418 g/mol. The van der Waals surface area contributed by atoms with Crippen molar-refractivity contribution < 1.29 is 4.74 Å². The number of pyridine rings is 3. The Hall–Kier alpha value is -4.60. The predicted molar refractivity (Wildman–Crippen MR) is 125 cm³/mol. The van der Waals surface area contributed by atoms with Crippen LogP contribution in [0.1, 0.15) is 11.4 Å². The van der Waals surface area contributed by atoms with Crippen LogP contribution < -0.4 is 15.4 Å². The summed E-state index contributed by atoms with van der Waals surface area (Å²) in [7, 11) is 1.58. The molecule has 0 saturated heterocycles. The van der Waals surface area contributed by atoms with E-state index in [1.807, 2.05) is 31.3 Å². The maximum Gasteiger partial charge on any atom is 0.213 e. The van der Waals surface area contributed by atoms with Crippen molar-refractivity contribution in [3.63, 3.8) is 0 Å². The summed E-state index contributed by atoms with van der Waals surface area (Å²) in [5.41, 5.74) is 5.57. The molecular formula is C23H21N9O. The van der Waals surface area contributed by atoms with Gasteiger partial charge in [0.1, 0.15) is 22.9 Å². The molecule has 0 aliphatic rings. The van der Waals surface area contributed by atoms with Gasteiger partial charge in [-0.05, 0) is 36.8 Å². The van der Waals surface area contributed by atoms with Gasteiger partial charge >= 0.3 is 0 Å². The summed E-state index contributed by atoms with van der Waals surface area (Å²) in [6, 6.07) is 9.58. The van der Waals surface area contributed by atoms with Crippen LogP contribution in [0.5, 0.6) is 5.88 Å². The van der Waals surface area contributed by atoms with E-state index >= 15 is 0 Å². The Morgan fingerprint density at radius 3 is 2.73 bits per heavy atom. The molecule has 0 saturated carbocycles. The number of anilines is 3. The minimum absolute atomic E-state index is 0.538. The fourth-order valence-corrected chi connectivity index (χ4v) is 3.40. The van der Waals surface area contributed by atoms with Gasteiger partial charge in [0.25, 0.3) is 0 Å². The van der Waals surface area contributed by atoms with Gasteiger partial charge in [-0.2, -0.15) is 0 Å². The van der Waals surface area contributed by atoms with E-state index in [9.17, 15) is 0 Å². The number of fused-ring (bicyclic) bond motifs is 1. The Bertz CT molecular complexity index is 1380. The molecule has 0 spiro atoms. The van der Waals surface area contributed by atoms with Crippen molar-refractivity contribution in [3.05, 3.63) is 72.8 Å². The molecule has 5 heterocycles. The molecule has 0 aliphatic carbocycles. The van der Waals surface area contributed by atoms with Crippen LogP contribution in [0.3, 0.4) is 0 Å². The summed E-state index contributed by atoms with van der Waals surface area (Å²) >= 11 is 0. The molecule has 0 fully saturated rings. The molecule has 0 unspecified atom stereocenters. The topological polar surface area (TPSA) is 126 Å². The number of H-pyrrole nitrogens is 1. The molecule has 5 rings (SSSR count). The first-order valence-corrected chi connectivity index (χ1v) is 10.3. The second-order valence-corrected chi connectivity index (χ2v) is 7.27. The molecule has 5 aromatic heterocycles. The van der Waals surface area contributed by atoms with Crippen LogP contribution in [0.15, 0.2) is 61.4 Å². The summed E-state index contributed by atoms with van der Waals surface area (Å²) in [5, 5.41) is 6.71. The third-order valence-electron chi connectivity index (χ3n) is 4.96. The van der Waals surface area contributed by atoms with Crippen LogP contribution in [0.25, 0.3) is 22.4 Å². The van der Waals surface area contributed by atoms with Crippen molar-refractivity contribution in [2.75, 3.05) is 17.7 Å². The summed E-state index contributed by atoms with van der Waals surface area (Å²) in [6.45, 7) is 2.42. The predicted octanol–water partition coefficient (Wildman–Crippen LogP) is 3.88. The van der Waals surface area contributed by atoms with Gasteiger partial charge in [0, 0.05) is 36.8 Å². The van der Waals surface area contributed by atoms with Gasteiger partial charge in [-0.1, -0.05) is 0 Å². The normalized spacial score (nSPS) is 10.8. The molecule has 10 nitrogen and oxygen atoms in total. The molecule has 10 heteroatoms. The Balaban J connectivity index is 1.55. The zero-order chi connectivity index (χ0) is 22.6. The van der Waals surface area contributed by atoms with E-state index in [2.05, 4.69) is 41.6 Å². The van der Waals surface area contributed by atoms with Gasteiger partial charge in [-0.3, -0.25) is 4.98 Å². The zero-order valence-electron chi connectivity index (χ0n) is 18.1. The largest absolute Gasteiger partial charge is 0.481 e. The smallest absolute Gasteiger partial charge is 0.213 e. The highest BCUT2D eigenvalue weighted by molar-refractivity contribution is 5.91. The Morgan fingerprint density at radius 1 is 1.00 bits per heavy atom. The van der Waals surface area contributed by atoms with Crippen LogP contribution in [0, 0.1) is 6.92 Å². The number of hydrogen-bond donors (Lipinski definition) is 3. The molecule has 0 radical (unpaired) electrons. The third kappa shape index (κ3) is 4.40. The van der Waals surface area contributed by atoms with Gasteiger partial charge in [0.15, 0.2) is 5.65 Å². The van der Waals surface area contributed by atoms with Crippen LogP contribution in [0.4, 0.5) is 17.2 Å². The van der Waals surface area contributed by atoms with E-state index in [1.165, 1.54) is 0 Å². The molecule has 33 heavy (non-hydrogen) atoms. The van der Waals surface area contributed by atoms with E-state index < -0.39 is 0 Å². The molecule has 5 aromatic rings. The highest BCUT2D eigenvalue weighted by atomic mass is 16.5. The number of aromatic nitrogens is 7. The molecule has 0 atom stereocenters. The van der Waals surface area contributed by atoms with Crippen molar-refractivity contribution >= 4 is 28.4 Å². The third-order valence-corrected chi connectivity index (χ3v) is 4.96. The lowest BCUT2D eigenvalue weighted by Gasteiger charge is -2.14. The number of nitrogens with zero attached hydrogens (tertiary/aromatic N) is 6. The van der Waals surface area contributed by atoms with E-state index in [4.69, 9.17) is 14.7 Å². The van der Waals surface area contributed by atoms with Crippen molar-refractivity contribution in [2.24, 2.45) is 0 Å². The van der Waals surface area contributed by atoms with Crippen molar-refractivity contribution in [3.8, 4) is 17.1 Å². The van der Waals surface area contributed by atoms with E-state index in [0.29, 0.717) is 29.7 Å². The molecule has 0 aliphatic heterocycles. The first-order valence-electron chi connectivity index (χ1n) is 10.3. The number of methoxy groups -OCH3 is 1. The Kier molecular flexibility index (Phi) is 5.46. The number of ether oxygens (including phenoxy) is 1. The first-order chi connectivity index (χ1) is 16.2. The lowest BCUT2D eigenvalue weighted by atomic mass is 10.1. The summed E-state index contributed by atoms with van der Waals surface area (Å²) in [6.07, 6.45) is 8.66. The minimum atomic E-state index is 0.538. The fourth-order valence-electron chi connectivity index (χ4n) is 3.40. The lowest BCUT2D eigenvalue weighted by molar-refractivity contribution is 0.398. The van der Waals surface area contributed by atoms with Gasteiger partial charge in [0.05, 0.1) is 31.0 Å². The van der Waals surface area contributed by atoms with Gasteiger partial charge in [-0.15, -0.1) is 0 Å². The van der Waals surface area contributed by atoms with E-state index in [-0.39, 0.29) is 0 Å². The lowest BCUT2D eigenvalue weighted by Crippen LogP contribution is -2.04. The molecule has 3 N–H and O–H groups in total. The van der Waals surface area contributed by atoms with Crippen LogP contribution in [-0.4, -0.2) is 42.0 Å². The Morgan fingerprint density at radius 2 is 1.94 bits per heavy atom. The van der Waals surface area contributed by atoms with Crippen LogP contribution in [0.2, 0.25) is 0 Å². The zero-order valence-corrected chi connectivity index (χ0v) is 18.1. The average Bonchev–Trinajstić information content (AvgIpc) is 3.32. The molecule has 0 amide bonds. The molecule has 164 valence electrons. The van der Waals surface area contributed by atoms with Crippen molar-refractivity contribution in [2.45, 2.75) is 13.5 Å². The Labute approximate surface area is 189 Å². The maximum absolute atomic E-state index is 5.15. The number of aromatic amines is 1. The minimum Gasteiger partial charge on any atom is -0.481 e. The van der Waals surface area contributed by atoms with Gasteiger partial charge < -0.3 is 20.4 Å². The van der Waals surface area contributed by atoms with Crippen LogP contribution in [-0.2, 0) is 6.54 Å². The van der Waals surface area contributed by atoms with Gasteiger partial charge in [-0.25, -0.2) is 24.9 Å². The second-order valence-electron chi connectivity index (χ2n) is 7.27. The summed E-state index contributed by atoms with van der Waals surface area (Å²) in [4.78, 5) is 29.7. The van der Waals surface area contributed by atoms with E-state index in [1.54, 1.807) is 38.1 Å². The average molecular weight is 439 g/mol. The monoisotopic (exact) mass is 439 g/mol. The fraction of sp³-hybridized carbons (Fsp3) is 0.130. The molecule has 0 bridgehead atoms. The van der Waals surface area contributed by atoms with Crippen molar-refractivity contribution in [1.29, 1.82) is 0 Å². The van der Waals surface area contributed by atoms with Crippen LogP contribution >= 0.6 is 0 Å². The standard InChI is InChI=1S/C23H21N9O/c1-14-30-20(21-23(31-14)29-13-28-21)18-8-15(9-25-16-4-3-7-24-11-16)10-27-22(18)32-17-5-6-19(33-2)26-12-17/h3-8,10-13,25H,9H2,1-2H3,(H,27,32)(H,28,29,30,31). The number of hydrogen-bond acceptors (Lipinski definition) is 9. The number of rotatable bonds is 7. The number of aryl methyl sites for hydroxylation is 1. The quantitative estimate of drug-likeness (QED) is 0.346. The number of imidazole rings is 1. The molecule has 0 aromatic carbocycles. The van der Waals surface area contributed by atoms with Gasteiger partial charge in [0.2, 0.25) is 5.88 Å². The highest BCUT2D eigenvalue weighted by Gasteiger charge is 2.16. The highest BCUT2D eigenvalue weighted by Crippen LogP contribution is 2.32. The van der Waals surface area contributed by atoms with E-state index in [0.717, 1.165) is 33.7 Å².